The van der Waals surface area contributed by atoms with Crippen LogP contribution in [-0.4, -0.2) is 109 Å². The van der Waals surface area contributed by atoms with Gasteiger partial charge in [0.05, 0.1) is 23.6 Å². The number of anilines is 3. The van der Waals surface area contributed by atoms with Gasteiger partial charge in [0.2, 0.25) is 17.8 Å². The van der Waals surface area contributed by atoms with E-state index in [0.717, 1.165) is 56.8 Å². The van der Waals surface area contributed by atoms with Crippen LogP contribution in [0.15, 0.2) is 30.7 Å². The van der Waals surface area contributed by atoms with Gasteiger partial charge in [0.25, 0.3) is 0 Å². The summed E-state index contributed by atoms with van der Waals surface area (Å²) in [7, 11) is 2.07. The van der Waals surface area contributed by atoms with Crippen molar-refractivity contribution in [1.29, 1.82) is 5.26 Å². The average molecular weight is 558 g/mol. The van der Waals surface area contributed by atoms with Crippen LogP contribution in [0.3, 0.4) is 0 Å². The zero-order valence-corrected chi connectivity index (χ0v) is 23.3. The highest BCUT2D eigenvalue weighted by molar-refractivity contribution is 5.87. The summed E-state index contributed by atoms with van der Waals surface area (Å²) in [4.78, 5) is 39.3. The molecule has 7 rings (SSSR count). The van der Waals surface area contributed by atoms with Crippen molar-refractivity contribution in [1.82, 2.24) is 39.1 Å². The number of carbonyl (C=O) groups is 2. The van der Waals surface area contributed by atoms with E-state index >= 15 is 0 Å². The number of carbonyl (C=O) groups excluding carboxylic acids is 2. The Bertz CT molecular complexity index is 1500. The highest BCUT2D eigenvalue weighted by Crippen LogP contribution is 2.45. The molecule has 3 aliphatic heterocycles. The Labute approximate surface area is 238 Å². The second-order valence-electron chi connectivity index (χ2n) is 11.9. The molecule has 214 valence electrons. The largest absolute Gasteiger partial charge is 0.364 e. The number of piperazine rings is 2. The predicted molar refractivity (Wildman–Crippen MR) is 150 cm³/mol. The molecule has 13 nitrogen and oxygen atoms in total. The lowest BCUT2D eigenvalue weighted by molar-refractivity contribution is -0.146. The number of nitriles is 1. The predicted octanol–water partition coefficient (Wildman–Crippen LogP) is 1.32. The lowest BCUT2D eigenvalue weighted by Crippen LogP contribution is -2.60. The zero-order chi connectivity index (χ0) is 28.1. The van der Waals surface area contributed by atoms with Gasteiger partial charge >= 0.3 is 0 Å². The number of aromatic nitrogens is 5. The maximum Gasteiger partial charge on any atom is 0.247 e. The molecule has 2 atom stereocenters. The van der Waals surface area contributed by atoms with E-state index in [9.17, 15) is 14.9 Å². The Morgan fingerprint density at radius 3 is 2.59 bits per heavy atom. The Kier molecular flexibility index (Phi) is 6.30. The van der Waals surface area contributed by atoms with Crippen LogP contribution < -0.4 is 10.2 Å². The maximum absolute atomic E-state index is 13.4. The number of hydrogen-bond donors (Lipinski definition) is 1. The molecule has 3 aromatic rings. The summed E-state index contributed by atoms with van der Waals surface area (Å²) in [6, 6.07) is 6.56. The standard InChI is InChI=1S/C28H35N11O2/c1-34-10-12-35(13-11-34)24(40)18-37-15-20(14-30-37)31-27-32-25-23(4-2-9-38(25)33-27)36-16-21-5-6-22(17-36)39(21)26(41)28(19-29)7-3-8-28/h2,4,9,14-15,21-22H,3,5-8,10-13,16-18H2,1H3,(H,31,33). The first-order valence-electron chi connectivity index (χ1n) is 14.5. The number of amides is 2. The molecule has 0 spiro atoms. The number of nitrogens with one attached hydrogen (secondary N) is 1. The van der Waals surface area contributed by atoms with Crippen LogP contribution in [0.4, 0.5) is 17.3 Å². The lowest BCUT2D eigenvalue weighted by Gasteiger charge is -2.46. The van der Waals surface area contributed by atoms with Gasteiger partial charge in [-0.1, -0.05) is 0 Å². The van der Waals surface area contributed by atoms with E-state index in [4.69, 9.17) is 4.98 Å². The highest BCUT2D eigenvalue weighted by Gasteiger charge is 2.53. The molecule has 13 heteroatoms. The molecule has 0 radical (unpaired) electrons. The van der Waals surface area contributed by atoms with Crippen molar-refractivity contribution in [2.24, 2.45) is 5.41 Å². The molecule has 2 bridgehead atoms. The SMILES string of the molecule is CN1CCN(C(=O)Cn2cc(Nc3nc4c(N5CC6CCC(C5)N6C(=O)C5(C#N)CCC5)cccn4n3)cn2)CC1. The molecule has 0 aromatic carbocycles. The summed E-state index contributed by atoms with van der Waals surface area (Å²) in [5, 5.41) is 21.9. The molecular weight excluding hydrogens is 522 g/mol. The fourth-order valence-electron chi connectivity index (χ4n) is 6.71. The van der Waals surface area contributed by atoms with Crippen molar-refractivity contribution in [3.05, 3.63) is 30.7 Å². The summed E-state index contributed by atoms with van der Waals surface area (Å²) in [6.45, 7) is 4.87. The molecule has 2 amide bonds. The van der Waals surface area contributed by atoms with E-state index in [-0.39, 0.29) is 30.4 Å². The van der Waals surface area contributed by atoms with Crippen molar-refractivity contribution in [2.75, 3.05) is 56.5 Å². The van der Waals surface area contributed by atoms with Crippen LogP contribution in [0.5, 0.6) is 0 Å². The first-order valence-corrected chi connectivity index (χ1v) is 14.5. The third-order valence-corrected chi connectivity index (χ3v) is 9.27. The highest BCUT2D eigenvalue weighted by atomic mass is 16.2. The van der Waals surface area contributed by atoms with Crippen LogP contribution in [0, 0.1) is 16.7 Å². The lowest BCUT2D eigenvalue weighted by atomic mass is 9.68. The number of fused-ring (bicyclic) bond motifs is 3. The number of likely N-dealkylation sites (N-methyl/N-ethyl adjacent to an activating group) is 1. The van der Waals surface area contributed by atoms with Gasteiger partial charge in [0, 0.05) is 63.7 Å². The molecule has 41 heavy (non-hydrogen) atoms. The third kappa shape index (κ3) is 4.56. The summed E-state index contributed by atoms with van der Waals surface area (Å²) < 4.78 is 3.40. The molecule has 4 aliphatic rings. The van der Waals surface area contributed by atoms with E-state index < -0.39 is 5.41 Å². The Balaban J connectivity index is 1.04. The summed E-state index contributed by atoms with van der Waals surface area (Å²) >= 11 is 0. The third-order valence-electron chi connectivity index (χ3n) is 9.27. The molecule has 6 heterocycles. The molecule has 3 aromatic heterocycles. The van der Waals surface area contributed by atoms with Crippen LogP contribution >= 0.6 is 0 Å². The van der Waals surface area contributed by atoms with Gasteiger partial charge in [0.15, 0.2) is 5.65 Å². The normalized spacial score (nSPS) is 23.9. The van der Waals surface area contributed by atoms with Gasteiger partial charge in [-0.25, -0.2) is 4.52 Å². The minimum Gasteiger partial charge on any atom is -0.364 e. The molecular formula is C28H35N11O2. The quantitative estimate of drug-likeness (QED) is 0.477. The first-order chi connectivity index (χ1) is 19.9. The first kappa shape index (κ1) is 25.8. The van der Waals surface area contributed by atoms with Crippen molar-refractivity contribution in [3.8, 4) is 6.07 Å². The minimum absolute atomic E-state index is 0.0383. The van der Waals surface area contributed by atoms with E-state index in [1.807, 2.05) is 22.1 Å². The fourth-order valence-corrected chi connectivity index (χ4v) is 6.71. The zero-order valence-electron chi connectivity index (χ0n) is 23.3. The topological polar surface area (TPSA) is 131 Å². The summed E-state index contributed by atoms with van der Waals surface area (Å²) in [5.41, 5.74) is 1.62. The number of pyridine rings is 1. The van der Waals surface area contributed by atoms with E-state index in [1.54, 1.807) is 21.6 Å². The average Bonchev–Trinajstić information content (AvgIpc) is 3.63. The van der Waals surface area contributed by atoms with Gasteiger partial charge in [0.1, 0.15) is 12.0 Å². The van der Waals surface area contributed by atoms with Gasteiger partial charge in [-0.2, -0.15) is 15.3 Å². The summed E-state index contributed by atoms with van der Waals surface area (Å²) in [6.07, 6.45) is 9.58. The van der Waals surface area contributed by atoms with Crippen molar-refractivity contribution < 1.29 is 9.59 Å². The fraction of sp³-hybridized carbons (Fsp3) is 0.571. The second-order valence-corrected chi connectivity index (χ2v) is 11.9. The van der Waals surface area contributed by atoms with Gasteiger partial charge in [-0.15, -0.1) is 5.10 Å². The van der Waals surface area contributed by atoms with Gasteiger partial charge in [-0.3, -0.25) is 14.3 Å². The number of hydrogen-bond acceptors (Lipinski definition) is 9. The van der Waals surface area contributed by atoms with Gasteiger partial charge < -0.3 is 24.9 Å². The molecule has 1 saturated carbocycles. The van der Waals surface area contributed by atoms with E-state index in [1.165, 1.54) is 0 Å². The van der Waals surface area contributed by atoms with Crippen LogP contribution in [-0.2, 0) is 16.1 Å². The molecule has 2 unspecified atom stereocenters. The van der Waals surface area contributed by atoms with Crippen LogP contribution in [0.2, 0.25) is 0 Å². The molecule has 4 fully saturated rings. The van der Waals surface area contributed by atoms with E-state index in [2.05, 4.69) is 44.5 Å². The van der Waals surface area contributed by atoms with Gasteiger partial charge in [-0.05, 0) is 51.3 Å². The minimum atomic E-state index is -0.803. The van der Waals surface area contributed by atoms with Crippen molar-refractivity contribution in [3.63, 3.8) is 0 Å². The molecule has 1 aliphatic carbocycles. The van der Waals surface area contributed by atoms with Crippen molar-refractivity contribution in [2.45, 2.75) is 50.7 Å². The van der Waals surface area contributed by atoms with Crippen molar-refractivity contribution >= 4 is 34.8 Å². The second kappa shape index (κ2) is 10.0. The monoisotopic (exact) mass is 557 g/mol. The number of nitrogens with zero attached hydrogens (tertiary/aromatic N) is 10. The Hall–Kier alpha value is -4.18. The maximum atomic E-state index is 13.4. The Morgan fingerprint density at radius 1 is 1.15 bits per heavy atom. The molecule has 1 N–H and O–H groups in total. The number of rotatable bonds is 6. The smallest absolute Gasteiger partial charge is 0.247 e. The summed E-state index contributed by atoms with van der Waals surface area (Å²) in [5.74, 6) is 0.547. The van der Waals surface area contributed by atoms with E-state index in [0.29, 0.717) is 37.6 Å². The Morgan fingerprint density at radius 2 is 1.90 bits per heavy atom. The van der Waals surface area contributed by atoms with Crippen LogP contribution in [0.25, 0.3) is 5.65 Å². The van der Waals surface area contributed by atoms with Crippen LogP contribution in [0.1, 0.15) is 32.1 Å². The molecule has 3 saturated heterocycles.